The number of hydrogen-bond donors (Lipinski definition) is 2. The zero-order valence-electron chi connectivity index (χ0n) is 18.3. The van der Waals surface area contributed by atoms with Gasteiger partial charge < -0.3 is 20.1 Å². The molecule has 1 aliphatic carbocycles. The first-order chi connectivity index (χ1) is 15.6. The molecule has 0 aromatic heterocycles. The van der Waals surface area contributed by atoms with Crippen molar-refractivity contribution >= 4 is 29.7 Å². The monoisotopic (exact) mass is 452 g/mol. The molecule has 2 aliphatic rings. The maximum absolute atomic E-state index is 12.8. The van der Waals surface area contributed by atoms with Crippen molar-refractivity contribution in [2.45, 2.75) is 37.1 Å². The molecule has 1 saturated carbocycles. The fraction of sp³-hybridized carbons (Fsp3) is 0.360. The quantitative estimate of drug-likeness (QED) is 0.653. The first-order valence-electron chi connectivity index (χ1n) is 10.8. The van der Waals surface area contributed by atoms with Gasteiger partial charge in [-0.2, -0.15) is 0 Å². The Morgan fingerprint density at radius 3 is 2.66 bits per heavy atom. The highest BCUT2D eigenvalue weighted by molar-refractivity contribution is 8.04. The van der Waals surface area contributed by atoms with E-state index in [2.05, 4.69) is 10.6 Å². The van der Waals surface area contributed by atoms with E-state index < -0.39 is 0 Å². The van der Waals surface area contributed by atoms with Crippen molar-refractivity contribution in [1.82, 2.24) is 10.6 Å². The minimum absolute atomic E-state index is 0.0104. The number of amides is 2. The standard InChI is InChI=1S/C25H28N2O4S/c1-30-20-10-8-17(12-21(20)31-2)13-23-25(29)27-19-14-18(9-11-22(19)32-23)24(28)26-15-16-6-4-3-5-7-16/h3-8,10,12-13,18-19,22H,9,11,14-15H2,1-2H3,(H,26,28)(H,27,29)/b23-13+. The maximum atomic E-state index is 12.8. The molecule has 2 aromatic rings. The smallest absolute Gasteiger partial charge is 0.257 e. The summed E-state index contributed by atoms with van der Waals surface area (Å²) >= 11 is 1.61. The number of hydrogen-bond acceptors (Lipinski definition) is 5. The number of thioether (sulfide) groups is 1. The Morgan fingerprint density at radius 1 is 1.12 bits per heavy atom. The van der Waals surface area contributed by atoms with Crippen LogP contribution in [-0.4, -0.2) is 37.3 Å². The lowest BCUT2D eigenvalue weighted by atomic mass is 9.84. The van der Waals surface area contributed by atoms with Gasteiger partial charge in [0.05, 0.1) is 19.1 Å². The first-order valence-corrected chi connectivity index (χ1v) is 11.7. The number of rotatable bonds is 6. The van der Waals surface area contributed by atoms with E-state index in [1.807, 2.05) is 54.6 Å². The molecule has 1 saturated heterocycles. The summed E-state index contributed by atoms with van der Waals surface area (Å²) in [6.07, 6.45) is 4.28. The molecule has 7 heteroatoms. The van der Waals surface area contributed by atoms with E-state index in [4.69, 9.17) is 9.47 Å². The topological polar surface area (TPSA) is 76.7 Å². The van der Waals surface area contributed by atoms with Gasteiger partial charge in [-0.15, -0.1) is 11.8 Å². The van der Waals surface area contributed by atoms with Gasteiger partial charge in [-0.1, -0.05) is 36.4 Å². The van der Waals surface area contributed by atoms with Crippen LogP contribution in [0.25, 0.3) is 6.08 Å². The highest BCUT2D eigenvalue weighted by Crippen LogP contribution is 2.40. The Balaban J connectivity index is 1.37. The highest BCUT2D eigenvalue weighted by atomic mass is 32.2. The molecule has 0 bridgehead atoms. The van der Waals surface area contributed by atoms with Crippen LogP contribution >= 0.6 is 11.8 Å². The molecule has 0 radical (unpaired) electrons. The minimum Gasteiger partial charge on any atom is -0.493 e. The molecule has 2 amide bonds. The molecular formula is C25H28N2O4S. The van der Waals surface area contributed by atoms with Crippen LogP contribution in [0.15, 0.2) is 53.4 Å². The average molecular weight is 453 g/mol. The molecular weight excluding hydrogens is 424 g/mol. The summed E-state index contributed by atoms with van der Waals surface area (Å²) in [5.74, 6) is 1.19. The van der Waals surface area contributed by atoms with Crippen molar-refractivity contribution in [2.75, 3.05) is 14.2 Å². The zero-order valence-corrected chi connectivity index (χ0v) is 19.1. The average Bonchev–Trinajstić information content (AvgIpc) is 2.83. The highest BCUT2D eigenvalue weighted by Gasteiger charge is 2.39. The second kappa shape index (κ2) is 10.1. The number of carbonyl (C=O) groups excluding carboxylic acids is 2. The van der Waals surface area contributed by atoms with Gasteiger partial charge in [0.25, 0.3) is 5.91 Å². The molecule has 4 rings (SSSR count). The van der Waals surface area contributed by atoms with E-state index in [9.17, 15) is 9.59 Å². The predicted molar refractivity (Wildman–Crippen MR) is 126 cm³/mol. The molecule has 6 nitrogen and oxygen atoms in total. The van der Waals surface area contributed by atoms with E-state index in [-0.39, 0.29) is 29.0 Å². The summed E-state index contributed by atoms with van der Waals surface area (Å²) in [5, 5.41) is 6.45. The largest absolute Gasteiger partial charge is 0.493 e. The molecule has 1 heterocycles. The second-order valence-electron chi connectivity index (χ2n) is 8.07. The summed E-state index contributed by atoms with van der Waals surface area (Å²) in [5.41, 5.74) is 1.97. The first kappa shape index (κ1) is 22.3. The third-order valence-corrected chi connectivity index (χ3v) is 7.42. The molecule has 2 aromatic carbocycles. The Morgan fingerprint density at radius 2 is 1.91 bits per heavy atom. The van der Waals surface area contributed by atoms with Crippen molar-refractivity contribution in [3.8, 4) is 11.5 Å². The van der Waals surface area contributed by atoms with Crippen molar-refractivity contribution in [1.29, 1.82) is 0 Å². The van der Waals surface area contributed by atoms with Crippen LogP contribution in [0.4, 0.5) is 0 Å². The minimum atomic E-state index is -0.0867. The fourth-order valence-electron chi connectivity index (χ4n) is 4.25. The fourth-order valence-corrected chi connectivity index (χ4v) is 5.55. The molecule has 3 unspecified atom stereocenters. The van der Waals surface area contributed by atoms with Crippen LogP contribution < -0.4 is 20.1 Å². The molecule has 168 valence electrons. The van der Waals surface area contributed by atoms with E-state index in [1.54, 1.807) is 26.0 Å². The lowest BCUT2D eigenvalue weighted by Gasteiger charge is -2.39. The van der Waals surface area contributed by atoms with Crippen molar-refractivity contribution < 1.29 is 19.1 Å². The van der Waals surface area contributed by atoms with Gasteiger partial charge in [0.2, 0.25) is 5.91 Å². The van der Waals surface area contributed by atoms with Gasteiger partial charge >= 0.3 is 0 Å². The van der Waals surface area contributed by atoms with Gasteiger partial charge in [-0.05, 0) is 48.6 Å². The normalized spacial score (nSPS) is 23.8. The predicted octanol–water partition coefficient (Wildman–Crippen LogP) is 3.76. The number of benzene rings is 2. The van der Waals surface area contributed by atoms with Crippen LogP contribution in [0.2, 0.25) is 0 Å². The Hall–Kier alpha value is -2.93. The second-order valence-corrected chi connectivity index (χ2v) is 9.35. The molecule has 2 N–H and O–H groups in total. The van der Waals surface area contributed by atoms with Crippen LogP contribution in [0.5, 0.6) is 11.5 Å². The van der Waals surface area contributed by atoms with Gasteiger partial charge in [-0.25, -0.2) is 0 Å². The van der Waals surface area contributed by atoms with Crippen LogP contribution in [0.1, 0.15) is 30.4 Å². The molecule has 32 heavy (non-hydrogen) atoms. The summed E-state index contributed by atoms with van der Waals surface area (Å²) in [6, 6.07) is 15.5. The number of carbonyl (C=O) groups is 2. The van der Waals surface area contributed by atoms with E-state index in [0.29, 0.717) is 29.4 Å². The van der Waals surface area contributed by atoms with E-state index in [1.165, 1.54) is 0 Å². The van der Waals surface area contributed by atoms with Crippen molar-refractivity contribution in [3.05, 3.63) is 64.6 Å². The lowest BCUT2D eigenvalue weighted by Crippen LogP contribution is -2.51. The third kappa shape index (κ3) is 5.10. The van der Waals surface area contributed by atoms with Crippen molar-refractivity contribution in [3.63, 3.8) is 0 Å². The van der Waals surface area contributed by atoms with Gasteiger partial charge in [-0.3, -0.25) is 9.59 Å². The Labute approximate surface area is 192 Å². The van der Waals surface area contributed by atoms with Crippen LogP contribution in [-0.2, 0) is 16.1 Å². The van der Waals surface area contributed by atoms with Gasteiger partial charge in [0, 0.05) is 23.8 Å². The van der Waals surface area contributed by atoms with E-state index >= 15 is 0 Å². The zero-order chi connectivity index (χ0) is 22.5. The summed E-state index contributed by atoms with van der Waals surface area (Å²) in [4.78, 5) is 26.1. The number of methoxy groups -OCH3 is 2. The number of fused-ring (bicyclic) bond motifs is 1. The number of ether oxygens (including phenoxy) is 2. The number of nitrogens with one attached hydrogen (secondary N) is 2. The lowest BCUT2D eigenvalue weighted by molar-refractivity contribution is -0.127. The van der Waals surface area contributed by atoms with Crippen LogP contribution in [0, 0.1) is 5.92 Å². The van der Waals surface area contributed by atoms with Crippen molar-refractivity contribution in [2.24, 2.45) is 5.92 Å². The van der Waals surface area contributed by atoms with E-state index in [0.717, 1.165) is 24.0 Å². The van der Waals surface area contributed by atoms with Crippen LogP contribution in [0.3, 0.4) is 0 Å². The van der Waals surface area contributed by atoms with Gasteiger partial charge in [0.1, 0.15) is 0 Å². The summed E-state index contributed by atoms with van der Waals surface area (Å²) in [6.45, 7) is 0.531. The van der Waals surface area contributed by atoms with Gasteiger partial charge in [0.15, 0.2) is 11.5 Å². The Bertz CT molecular complexity index is 1010. The summed E-state index contributed by atoms with van der Waals surface area (Å²) in [7, 11) is 3.19. The SMILES string of the molecule is COc1ccc(/C=C2/SC3CCC(C(=O)NCc4ccccc4)CC3NC2=O)cc1OC. The maximum Gasteiger partial charge on any atom is 0.257 e. The Kier molecular flexibility index (Phi) is 7.05. The summed E-state index contributed by atoms with van der Waals surface area (Å²) < 4.78 is 10.6. The third-order valence-electron chi connectivity index (χ3n) is 5.99. The molecule has 0 spiro atoms. The molecule has 2 fully saturated rings. The molecule has 1 aliphatic heterocycles. The molecule has 3 atom stereocenters.